The predicted molar refractivity (Wildman–Crippen MR) is 153 cm³/mol. The second-order valence-electron chi connectivity index (χ2n) is 13.2. The van der Waals surface area contributed by atoms with Gasteiger partial charge in [0.15, 0.2) is 0 Å². The molecule has 0 amide bonds. The number of halogens is 5. The molecular formula is C32H47F5O3S. The average molecular weight is 607 g/mol. The van der Waals surface area contributed by atoms with E-state index < -0.39 is 35.7 Å². The zero-order valence-electron chi connectivity index (χ0n) is 24.2. The van der Waals surface area contributed by atoms with Gasteiger partial charge < -0.3 is 10.2 Å². The summed E-state index contributed by atoms with van der Waals surface area (Å²) in [6, 6.07) is 5.92. The Kier molecular flexibility index (Phi) is 10.8. The number of phenols is 1. The minimum atomic E-state index is -5.54. The lowest BCUT2D eigenvalue weighted by molar-refractivity contribution is -0.284. The molecule has 0 radical (unpaired) electrons. The summed E-state index contributed by atoms with van der Waals surface area (Å²) in [5, 5.41) is 21.0. The molecule has 0 saturated heterocycles. The Morgan fingerprint density at radius 3 is 2.29 bits per heavy atom. The maximum Gasteiger partial charge on any atom is 0.453 e. The molecule has 0 aliphatic heterocycles. The minimum Gasteiger partial charge on any atom is -0.508 e. The van der Waals surface area contributed by atoms with E-state index >= 15 is 0 Å². The van der Waals surface area contributed by atoms with Crippen LogP contribution in [-0.2, 0) is 17.2 Å². The highest BCUT2D eigenvalue weighted by Gasteiger charge is 2.57. The van der Waals surface area contributed by atoms with E-state index in [2.05, 4.69) is 13.0 Å². The molecular weight excluding hydrogens is 559 g/mol. The van der Waals surface area contributed by atoms with Crippen LogP contribution in [0.5, 0.6) is 5.75 Å². The number of aliphatic hydroxyl groups is 1. The Morgan fingerprint density at radius 1 is 0.927 bits per heavy atom. The maximum atomic E-state index is 13.0. The first-order valence-corrected chi connectivity index (χ1v) is 17.1. The van der Waals surface area contributed by atoms with E-state index in [0.717, 1.165) is 77.0 Å². The van der Waals surface area contributed by atoms with Gasteiger partial charge in [-0.3, -0.25) is 4.21 Å². The van der Waals surface area contributed by atoms with Gasteiger partial charge in [0.25, 0.3) is 0 Å². The van der Waals surface area contributed by atoms with Crippen LogP contribution in [0.4, 0.5) is 22.0 Å². The molecule has 3 nitrogen and oxygen atoms in total. The number of benzene rings is 1. The molecule has 2 saturated carbocycles. The Bertz CT molecular complexity index is 1030. The highest BCUT2D eigenvalue weighted by molar-refractivity contribution is 7.84. The molecule has 2 N–H and O–H groups in total. The van der Waals surface area contributed by atoms with Crippen LogP contribution >= 0.6 is 0 Å². The first-order chi connectivity index (χ1) is 19.3. The van der Waals surface area contributed by atoms with Crippen molar-refractivity contribution in [3.05, 3.63) is 29.3 Å². The Labute approximate surface area is 244 Å². The normalized spacial score (nSPS) is 30.5. The lowest BCUT2D eigenvalue weighted by atomic mass is 9.52. The third-order valence-corrected chi connectivity index (χ3v) is 12.0. The van der Waals surface area contributed by atoms with Gasteiger partial charge in [0.05, 0.1) is 6.10 Å². The number of rotatable bonds is 14. The molecule has 1 aromatic carbocycles. The standard InChI is InChI=1S/C32H47F5O3S/c1-30-17-15-26-25-12-11-24(38)21-23(25)20-22(29(26)27(30)13-14-28(30)39)10-7-5-3-2-4-6-8-18-41(40)19-9-16-31(33,34)32(35,36)37/h11-12,21-22,26-29,38-39H,2-10,13-20H2,1H3/t22-,26+,27-,28-,29+,30-,41+/m0/s1. The Morgan fingerprint density at radius 2 is 1.59 bits per heavy atom. The number of hydrogen-bond acceptors (Lipinski definition) is 3. The molecule has 0 aromatic heterocycles. The van der Waals surface area contributed by atoms with Gasteiger partial charge in [-0.1, -0.05) is 51.5 Å². The lowest BCUT2D eigenvalue weighted by Crippen LogP contribution is -2.47. The number of alkyl halides is 5. The number of hydrogen-bond donors (Lipinski definition) is 2. The van der Waals surface area contributed by atoms with Crippen molar-refractivity contribution in [2.24, 2.45) is 23.2 Å². The van der Waals surface area contributed by atoms with Crippen molar-refractivity contribution >= 4 is 10.8 Å². The fraction of sp³-hybridized carbons (Fsp3) is 0.812. The molecule has 0 spiro atoms. The van der Waals surface area contributed by atoms with Crippen molar-refractivity contribution in [1.82, 2.24) is 0 Å². The summed E-state index contributed by atoms with van der Waals surface area (Å²) >= 11 is 0. The van der Waals surface area contributed by atoms with Gasteiger partial charge in [-0.2, -0.15) is 22.0 Å². The maximum absolute atomic E-state index is 13.0. The van der Waals surface area contributed by atoms with Crippen LogP contribution < -0.4 is 0 Å². The van der Waals surface area contributed by atoms with Crippen LogP contribution in [-0.4, -0.2) is 44.1 Å². The second-order valence-corrected chi connectivity index (χ2v) is 14.9. The summed E-state index contributed by atoms with van der Waals surface area (Å²) in [7, 11) is -1.35. The van der Waals surface area contributed by atoms with Gasteiger partial charge in [-0.05, 0) is 104 Å². The molecule has 4 rings (SSSR count). The van der Waals surface area contributed by atoms with Crippen LogP contribution in [0.3, 0.4) is 0 Å². The Hall–Kier alpha value is -1.22. The number of fused-ring (bicyclic) bond motifs is 5. The number of phenolic OH excluding ortho intramolecular Hbond substituents is 1. The molecule has 2 fully saturated rings. The van der Waals surface area contributed by atoms with E-state index in [1.54, 1.807) is 0 Å². The van der Waals surface area contributed by atoms with Crippen molar-refractivity contribution in [3.8, 4) is 5.75 Å². The van der Waals surface area contributed by atoms with Gasteiger partial charge in [-0.15, -0.1) is 0 Å². The zero-order chi connectivity index (χ0) is 29.8. The molecule has 9 heteroatoms. The molecule has 41 heavy (non-hydrogen) atoms. The molecule has 0 bridgehead atoms. The molecule has 3 aliphatic rings. The first kappa shape index (κ1) is 32.7. The SMILES string of the molecule is C[C@]12CC[C@@H]3c4ccc(O)cc4C[C@H](CCCCCCCCC[S@@](=O)CCCC(F)(F)C(F)(F)F)[C@H]3[C@@H]1CC[C@@H]2O. The van der Waals surface area contributed by atoms with E-state index in [-0.39, 0.29) is 17.3 Å². The van der Waals surface area contributed by atoms with E-state index in [9.17, 15) is 36.4 Å². The quantitative estimate of drug-likeness (QED) is 0.165. The van der Waals surface area contributed by atoms with Gasteiger partial charge in [0, 0.05) is 28.7 Å². The predicted octanol–water partition coefficient (Wildman–Crippen LogP) is 8.68. The van der Waals surface area contributed by atoms with E-state index in [0.29, 0.717) is 41.6 Å². The van der Waals surface area contributed by atoms with Crippen molar-refractivity contribution in [3.63, 3.8) is 0 Å². The van der Waals surface area contributed by atoms with Gasteiger partial charge in [0.1, 0.15) is 5.75 Å². The molecule has 234 valence electrons. The highest BCUT2D eigenvalue weighted by atomic mass is 32.2. The molecule has 3 aliphatic carbocycles. The summed E-state index contributed by atoms with van der Waals surface area (Å²) in [4.78, 5) is 0. The number of aliphatic hydroxyl groups excluding tert-OH is 1. The number of aromatic hydroxyl groups is 1. The van der Waals surface area contributed by atoms with Crippen molar-refractivity contribution in [1.29, 1.82) is 0 Å². The summed E-state index contributed by atoms with van der Waals surface area (Å²) in [5.74, 6) is -1.91. The fourth-order valence-electron chi connectivity index (χ4n) is 8.28. The van der Waals surface area contributed by atoms with Crippen LogP contribution in [0.25, 0.3) is 0 Å². The van der Waals surface area contributed by atoms with Gasteiger partial charge in [0.2, 0.25) is 0 Å². The Balaban J connectivity index is 1.15. The van der Waals surface area contributed by atoms with Crippen LogP contribution in [0.15, 0.2) is 18.2 Å². The van der Waals surface area contributed by atoms with E-state index in [1.807, 2.05) is 12.1 Å². The fourth-order valence-corrected chi connectivity index (χ4v) is 9.48. The average Bonchev–Trinajstić information content (AvgIpc) is 3.20. The summed E-state index contributed by atoms with van der Waals surface area (Å²) in [6.07, 6.45) is 5.97. The van der Waals surface area contributed by atoms with Crippen LogP contribution in [0.1, 0.15) is 114 Å². The molecule has 1 aromatic rings. The van der Waals surface area contributed by atoms with Crippen LogP contribution in [0.2, 0.25) is 0 Å². The van der Waals surface area contributed by atoms with Crippen LogP contribution in [0, 0.1) is 23.2 Å². The minimum absolute atomic E-state index is 0.0195. The molecule has 0 unspecified atom stereocenters. The van der Waals surface area contributed by atoms with Gasteiger partial charge >= 0.3 is 12.1 Å². The summed E-state index contributed by atoms with van der Waals surface area (Å²) in [6.45, 7) is 2.30. The molecule has 0 heterocycles. The topological polar surface area (TPSA) is 57.5 Å². The van der Waals surface area contributed by atoms with Crippen molar-refractivity contribution < 1.29 is 36.4 Å². The first-order valence-electron chi connectivity index (χ1n) is 15.6. The number of unbranched alkanes of at least 4 members (excludes halogenated alkanes) is 6. The second kappa shape index (κ2) is 13.6. The lowest BCUT2D eigenvalue weighted by Gasteiger charge is -2.53. The van der Waals surface area contributed by atoms with E-state index in [1.165, 1.54) is 11.1 Å². The van der Waals surface area contributed by atoms with E-state index in [4.69, 9.17) is 0 Å². The monoisotopic (exact) mass is 606 g/mol. The third-order valence-electron chi connectivity index (χ3n) is 10.6. The molecule has 7 atom stereocenters. The van der Waals surface area contributed by atoms with Crippen molar-refractivity contribution in [2.75, 3.05) is 11.5 Å². The summed E-state index contributed by atoms with van der Waals surface area (Å²) in [5.41, 5.74) is 2.73. The zero-order valence-corrected chi connectivity index (χ0v) is 25.1. The van der Waals surface area contributed by atoms with Gasteiger partial charge in [-0.25, -0.2) is 0 Å². The third kappa shape index (κ3) is 7.66. The highest BCUT2D eigenvalue weighted by Crippen LogP contribution is 2.62. The largest absolute Gasteiger partial charge is 0.508 e. The smallest absolute Gasteiger partial charge is 0.453 e. The summed E-state index contributed by atoms with van der Waals surface area (Å²) < 4.78 is 74.5. The van der Waals surface area contributed by atoms with Crippen molar-refractivity contribution in [2.45, 2.75) is 127 Å².